The molecule has 2 N–H and O–H groups in total. The highest BCUT2D eigenvalue weighted by Gasteiger charge is 2.16. The second-order valence-corrected chi connectivity index (χ2v) is 3.02. The molecule has 0 radical (unpaired) electrons. The molecule has 1 aromatic carbocycles. The number of aldehydes is 1. The van der Waals surface area contributed by atoms with Gasteiger partial charge >= 0.3 is 7.12 Å². The first-order chi connectivity index (χ1) is 6.60. The van der Waals surface area contributed by atoms with Crippen molar-refractivity contribution in [2.75, 3.05) is 7.11 Å². The zero-order valence-corrected chi connectivity index (χ0v) is 8.15. The van der Waals surface area contributed by atoms with E-state index in [1.807, 2.05) is 0 Å². The topological polar surface area (TPSA) is 66.8 Å². The second-order valence-electron chi connectivity index (χ2n) is 2.62. The summed E-state index contributed by atoms with van der Waals surface area (Å²) >= 11 is 5.75. The molecule has 0 amide bonds. The van der Waals surface area contributed by atoms with E-state index in [1.165, 1.54) is 19.2 Å². The largest absolute Gasteiger partial charge is 0.494 e. The van der Waals surface area contributed by atoms with Crippen LogP contribution in [-0.2, 0) is 0 Å². The summed E-state index contributed by atoms with van der Waals surface area (Å²) in [5.41, 5.74) is 0.334. The number of ether oxygens (including phenoxy) is 1. The van der Waals surface area contributed by atoms with Crippen molar-refractivity contribution in [1.82, 2.24) is 0 Å². The van der Waals surface area contributed by atoms with Gasteiger partial charge < -0.3 is 14.8 Å². The van der Waals surface area contributed by atoms with E-state index in [0.717, 1.165) is 0 Å². The molecule has 1 rings (SSSR count). The predicted molar refractivity (Wildman–Crippen MR) is 53.2 cm³/mol. The van der Waals surface area contributed by atoms with E-state index in [0.29, 0.717) is 6.29 Å². The minimum absolute atomic E-state index is 0.151. The lowest BCUT2D eigenvalue weighted by atomic mass is 9.79. The van der Waals surface area contributed by atoms with Gasteiger partial charge in [-0.25, -0.2) is 0 Å². The molecular weight excluding hydrogens is 206 g/mol. The minimum Gasteiger partial charge on any atom is -0.494 e. The van der Waals surface area contributed by atoms with Crippen LogP contribution in [0.4, 0.5) is 0 Å². The van der Waals surface area contributed by atoms with Crippen molar-refractivity contribution >= 4 is 30.5 Å². The Balaban J connectivity index is 3.31. The first-order valence-electron chi connectivity index (χ1n) is 3.79. The molecule has 14 heavy (non-hydrogen) atoms. The van der Waals surface area contributed by atoms with Crippen LogP contribution in [0.2, 0.25) is 5.02 Å². The zero-order chi connectivity index (χ0) is 10.7. The van der Waals surface area contributed by atoms with Crippen molar-refractivity contribution in [1.29, 1.82) is 0 Å². The first kappa shape index (κ1) is 11.0. The summed E-state index contributed by atoms with van der Waals surface area (Å²) in [4.78, 5) is 10.6. The maximum Gasteiger partial charge on any atom is 0.488 e. The fourth-order valence-corrected chi connectivity index (χ4v) is 1.40. The van der Waals surface area contributed by atoms with Gasteiger partial charge in [0, 0.05) is 0 Å². The molecule has 0 spiro atoms. The minimum atomic E-state index is -1.66. The fraction of sp³-hybridized carbons (Fsp3) is 0.125. The normalized spacial score (nSPS) is 9.71. The van der Waals surface area contributed by atoms with Crippen molar-refractivity contribution in [3.8, 4) is 5.75 Å². The maximum atomic E-state index is 10.6. The van der Waals surface area contributed by atoms with Crippen LogP contribution in [-0.4, -0.2) is 30.6 Å². The molecule has 0 unspecified atom stereocenters. The molecule has 0 bridgehead atoms. The van der Waals surface area contributed by atoms with Gasteiger partial charge in [-0.2, -0.15) is 0 Å². The van der Waals surface area contributed by atoms with Crippen LogP contribution in [0.15, 0.2) is 12.1 Å². The van der Waals surface area contributed by atoms with E-state index >= 15 is 0 Å². The van der Waals surface area contributed by atoms with Crippen LogP contribution in [0.1, 0.15) is 10.4 Å². The third-order valence-corrected chi connectivity index (χ3v) is 2.00. The third kappa shape index (κ3) is 2.06. The van der Waals surface area contributed by atoms with E-state index in [2.05, 4.69) is 0 Å². The van der Waals surface area contributed by atoms with Crippen molar-refractivity contribution in [2.24, 2.45) is 0 Å². The second kappa shape index (κ2) is 4.46. The number of carbonyl (C=O) groups is 1. The van der Waals surface area contributed by atoms with Crippen LogP contribution in [0.3, 0.4) is 0 Å². The molecule has 0 aromatic heterocycles. The van der Waals surface area contributed by atoms with Gasteiger partial charge in [-0.3, -0.25) is 4.79 Å². The Bertz CT molecular complexity index is 353. The van der Waals surface area contributed by atoms with Crippen LogP contribution < -0.4 is 10.2 Å². The predicted octanol–water partition coefficient (Wildman–Crippen LogP) is -0.159. The average Bonchev–Trinajstić information content (AvgIpc) is 2.16. The Labute approximate surface area is 86.2 Å². The molecule has 0 aliphatic heterocycles. The van der Waals surface area contributed by atoms with E-state index < -0.39 is 7.12 Å². The summed E-state index contributed by atoms with van der Waals surface area (Å²) in [5, 5.41) is 17.9. The first-order valence-corrected chi connectivity index (χ1v) is 4.16. The van der Waals surface area contributed by atoms with Gasteiger partial charge in [0.1, 0.15) is 5.75 Å². The maximum absolute atomic E-state index is 10.6. The van der Waals surface area contributed by atoms with Crippen molar-refractivity contribution in [3.63, 3.8) is 0 Å². The summed E-state index contributed by atoms with van der Waals surface area (Å²) in [6.45, 7) is 0. The van der Waals surface area contributed by atoms with Crippen LogP contribution in [0.25, 0.3) is 0 Å². The Morgan fingerprint density at radius 3 is 2.57 bits per heavy atom. The lowest BCUT2D eigenvalue weighted by Gasteiger charge is -2.08. The van der Waals surface area contributed by atoms with E-state index in [-0.39, 0.29) is 21.8 Å². The number of hydrogen-bond donors (Lipinski definition) is 2. The monoisotopic (exact) mass is 214 g/mol. The molecule has 1 aromatic rings. The summed E-state index contributed by atoms with van der Waals surface area (Å²) < 4.78 is 4.88. The fourth-order valence-electron chi connectivity index (χ4n) is 1.09. The molecule has 0 heterocycles. The van der Waals surface area contributed by atoms with Crippen LogP contribution >= 0.6 is 11.6 Å². The molecule has 0 aliphatic carbocycles. The molecule has 74 valence electrons. The SMILES string of the molecule is COc1c(Cl)cc(B(O)O)cc1C=O. The van der Waals surface area contributed by atoms with Crippen LogP contribution in [0.5, 0.6) is 5.75 Å². The van der Waals surface area contributed by atoms with Crippen molar-refractivity contribution in [3.05, 3.63) is 22.7 Å². The zero-order valence-electron chi connectivity index (χ0n) is 7.40. The number of rotatable bonds is 3. The number of methoxy groups -OCH3 is 1. The summed E-state index contributed by atoms with van der Waals surface area (Å²) in [6, 6.07) is 2.64. The highest BCUT2D eigenvalue weighted by atomic mass is 35.5. The molecular formula is C8H8BClO4. The highest BCUT2D eigenvalue weighted by Crippen LogP contribution is 2.26. The van der Waals surface area contributed by atoms with Gasteiger partial charge in [-0.1, -0.05) is 11.6 Å². The molecule has 0 fully saturated rings. The van der Waals surface area contributed by atoms with Crippen molar-refractivity contribution < 1.29 is 19.6 Å². The molecule has 0 atom stereocenters. The number of halogens is 1. The highest BCUT2D eigenvalue weighted by molar-refractivity contribution is 6.59. The van der Waals surface area contributed by atoms with Gasteiger partial charge in [0.25, 0.3) is 0 Å². The molecule has 0 saturated heterocycles. The Kier molecular flexibility index (Phi) is 3.52. The van der Waals surface area contributed by atoms with E-state index in [4.69, 9.17) is 26.4 Å². The lowest BCUT2D eigenvalue weighted by Crippen LogP contribution is -2.30. The summed E-state index contributed by atoms with van der Waals surface area (Å²) in [6.07, 6.45) is 0.538. The average molecular weight is 214 g/mol. The Morgan fingerprint density at radius 2 is 2.14 bits per heavy atom. The van der Waals surface area contributed by atoms with Crippen LogP contribution in [0, 0.1) is 0 Å². The third-order valence-electron chi connectivity index (χ3n) is 1.72. The number of hydrogen-bond acceptors (Lipinski definition) is 4. The van der Waals surface area contributed by atoms with Crippen molar-refractivity contribution in [2.45, 2.75) is 0 Å². The van der Waals surface area contributed by atoms with E-state index in [9.17, 15) is 4.79 Å². The Hall–Kier alpha value is -1.04. The van der Waals surface area contributed by atoms with Gasteiger partial charge in [0.2, 0.25) is 0 Å². The molecule has 6 heteroatoms. The summed E-state index contributed by atoms with van der Waals surface area (Å²) in [5.74, 6) is 0.228. The van der Waals surface area contributed by atoms with E-state index in [1.54, 1.807) is 0 Å². The lowest BCUT2D eigenvalue weighted by molar-refractivity contribution is 0.112. The van der Waals surface area contributed by atoms with Gasteiger partial charge in [0.05, 0.1) is 17.7 Å². The molecule has 0 saturated carbocycles. The Morgan fingerprint density at radius 1 is 1.50 bits per heavy atom. The standard InChI is InChI=1S/C8H8BClO4/c1-14-8-5(4-11)2-6(9(12)13)3-7(8)10/h2-4,12-13H,1H3. The van der Waals surface area contributed by atoms with Gasteiger partial charge in [-0.05, 0) is 17.6 Å². The molecule has 4 nitrogen and oxygen atoms in total. The summed E-state index contributed by atoms with van der Waals surface area (Å²) in [7, 11) is -0.277. The van der Waals surface area contributed by atoms with Gasteiger partial charge in [0.15, 0.2) is 6.29 Å². The number of carbonyl (C=O) groups excluding carboxylic acids is 1. The quantitative estimate of drug-likeness (QED) is 0.542. The molecule has 0 aliphatic rings. The number of benzene rings is 1. The smallest absolute Gasteiger partial charge is 0.488 e. The van der Waals surface area contributed by atoms with Gasteiger partial charge in [-0.15, -0.1) is 0 Å².